The molecule has 6 heteroatoms. The van der Waals surface area contributed by atoms with Crippen molar-refractivity contribution in [3.8, 4) is 0 Å². The molecule has 0 radical (unpaired) electrons. The summed E-state index contributed by atoms with van der Waals surface area (Å²) >= 11 is -3.55. The van der Waals surface area contributed by atoms with Crippen LogP contribution >= 0.6 is 0 Å². The van der Waals surface area contributed by atoms with E-state index in [1.165, 1.54) is 5.56 Å². The summed E-state index contributed by atoms with van der Waals surface area (Å²) in [5.41, 5.74) is 1.34. The maximum absolute atomic E-state index is 6.77. The van der Waals surface area contributed by atoms with Crippen LogP contribution in [0.4, 0.5) is 0 Å². The van der Waals surface area contributed by atoms with E-state index in [4.69, 9.17) is 11.3 Å². The third-order valence-corrected chi connectivity index (χ3v) is 21.1. The molecule has 0 saturated carbocycles. The Labute approximate surface area is 157 Å². The quantitative estimate of drug-likeness (QED) is 0.694. The van der Waals surface area contributed by atoms with E-state index in [1.54, 1.807) is 0 Å². The van der Waals surface area contributed by atoms with E-state index >= 15 is 0 Å². The van der Waals surface area contributed by atoms with Crippen LogP contribution < -0.4 is 0 Å². The first-order valence-corrected chi connectivity index (χ1v) is 16.9. The topological polar surface area (TPSA) is 30.9 Å². The van der Waals surface area contributed by atoms with Crippen LogP contribution in [0.5, 0.6) is 0 Å². The summed E-state index contributed by atoms with van der Waals surface area (Å²) in [6, 6.07) is 10.8. The fourth-order valence-electron chi connectivity index (χ4n) is 4.43. The molecule has 4 atom stereocenters. The van der Waals surface area contributed by atoms with Gasteiger partial charge < -0.3 is 0 Å². The van der Waals surface area contributed by atoms with Crippen molar-refractivity contribution in [2.45, 2.75) is 63.1 Å². The summed E-state index contributed by atoms with van der Waals surface area (Å²) in [5, 5.41) is 0. The van der Waals surface area contributed by atoms with E-state index in [2.05, 4.69) is 75.6 Å². The van der Waals surface area contributed by atoms with Gasteiger partial charge in [-0.3, -0.25) is 0 Å². The van der Waals surface area contributed by atoms with Crippen molar-refractivity contribution < 1.29 is 11.3 Å². The van der Waals surface area contributed by atoms with Gasteiger partial charge in [0.05, 0.1) is 0 Å². The van der Waals surface area contributed by atoms with Crippen molar-refractivity contribution in [2.75, 3.05) is 19.6 Å². The van der Waals surface area contributed by atoms with Crippen LogP contribution in [0.2, 0.25) is 19.6 Å². The number of hydrogen-bond acceptors (Lipinski definition) is 4. The van der Waals surface area contributed by atoms with Crippen molar-refractivity contribution in [3.63, 3.8) is 0 Å². The van der Waals surface area contributed by atoms with Crippen molar-refractivity contribution in [3.05, 3.63) is 35.9 Å². The van der Waals surface area contributed by atoms with Crippen molar-refractivity contribution in [1.29, 1.82) is 0 Å². The normalized spacial score (nSPS) is 37.8. The molecule has 1 aromatic carbocycles. The molecule has 4 unspecified atom stereocenters. The Hall–Kier alpha value is -0.180. The summed E-state index contributed by atoms with van der Waals surface area (Å²) in [6.45, 7) is 16.7. The van der Waals surface area contributed by atoms with Crippen molar-refractivity contribution in [1.82, 2.24) is 4.90 Å². The molecule has 0 aromatic heterocycles. The number of rotatable bonds is 3. The van der Waals surface area contributed by atoms with Crippen molar-refractivity contribution in [2.24, 2.45) is 0 Å². The van der Waals surface area contributed by atoms with Gasteiger partial charge in [-0.15, -0.1) is 0 Å². The van der Waals surface area contributed by atoms with Gasteiger partial charge in [-0.05, 0) is 0 Å². The molecule has 3 saturated heterocycles. The van der Waals surface area contributed by atoms with Gasteiger partial charge in [0, 0.05) is 0 Å². The molecule has 0 spiro atoms. The Morgan fingerprint density at radius 1 is 0.880 bits per heavy atom. The van der Waals surface area contributed by atoms with Crippen LogP contribution in [0, 0.1) is 0 Å². The fourth-order valence-corrected chi connectivity index (χ4v) is 20.9. The first-order valence-electron chi connectivity index (χ1n) is 9.50. The first-order chi connectivity index (χ1) is 11.7. The molecule has 0 aliphatic carbocycles. The molecule has 140 valence electrons. The van der Waals surface area contributed by atoms with Crippen molar-refractivity contribution >= 4 is 22.3 Å². The van der Waals surface area contributed by atoms with E-state index < -0.39 is 22.3 Å². The van der Waals surface area contributed by atoms with Crippen LogP contribution in [0.15, 0.2) is 30.3 Å². The molecule has 0 amide bonds. The molecule has 3 aliphatic heterocycles. The number of nitrogens with zero attached hydrogens (tertiary/aromatic N) is 1. The van der Waals surface area contributed by atoms with Crippen LogP contribution in [-0.2, 0) is 11.3 Å². The molecule has 4 nitrogen and oxygen atoms in total. The summed E-state index contributed by atoms with van der Waals surface area (Å²) in [6.07, 6.45) is 0.465. The summed E-state index contributed by atoms with van der Waals surface area (Å²) in [5.74, 6) is 0. The van der Waals surface area contributed by atoms with Gasteiger partial charge in [0.15, 0.2) is 0 Å². The average Bonchev–Trinajstić information content (AvgIpc) is 2.43. The minimum absolute atomic E-state index is 0.155. The molecule has 3 heterocycles. The summed E-state index contributed by atoms with van der Waals surface area (Å²) in [7, 11) is -1.64. The van der Waals surface area contributed by atoms with E-state index in [9.17, 15) is 0 Å². The zero-order chi connectivity index (χ0) is 18.2. The van der Waals surface area contributed by atoms with E-state index in [0.717, 1.165) is 19.6 Å². The van der Waals surface area contributed by atoms with Gasteiger partial charge in [-0.2, -0.15) is 0 Å². The van der Waals surface area contributed by atoms with Gasteiger partial charge in [-0.25, -0.2) is 0 Å². The molecule has 2 bridgehead atoms. The summed E-state index contributed by atoms with van der Waals surface area (Å²) in [4.78, 5) is 2.43. The molecule has 3 aliphatic rings. The van der Waals surface area contributed by atoms with E-state index in [-0.39, 0.29) is 18.3 Å². The van der Waals surface area contributed by atoms with Gasteiger partial charge in [0.1, 0.15) is 0 Å². The first kappa shape index (κ1) is 19.6. The van der Waals surface area contributed by atoms with E-state index in [0.29, 0.717) is 4.37 Å². The molecular formula is C19H33GeNO3Si. The van der Waals surface area contributed by atoms with Crippen LogP contribution in [0.1, 0.15) is 30.7 Å². The minimum atomic E-state index is -3.55. The molecular weight excluding hydrogens is 391 g/mol. The number of fused-ring (bicyclic) bond motifs is 6. The standard InChI is InChI=1S/C19H33GeNO3Si/c1-15-12-21-13-16(2)23-20(22-15,24-17(3)14-21)19(25(4,5)6)18-10-8-7-9-11-18/h7-11,15-17,19H,12-14H2,1-6H3. The zero-order valence-corrected chi connectivity index (χ0v) is 19.6. The zero-order valence-electron chi connectivity index (χ0n) is 16.5. The second-order valence-electron chi connectivity index (χ2n) is 8.82. The molecule has 3 fully saturated rings. The number of benzene rings is 1. The Balaban J connectivity index is 2.11. The number of hydrogen-bond donors (Lipinski definition) is 0. The van der Waals surface area contributed by atoms with E-state index in [1.807, 2.05) is 0 Å². The predicted octanol–water partition coefficient (Wildman–Crippen LogP) is 3.67. The predicted molar refractivity (Wildman–Crippen MR) is 106 cm³/mol. The van der Waals surface area contributed by atoms with Gasteiger partial charge in [0.2, 0.25) is 0 Å². The van der Waals surface area contributed by atoms with Crippen LogP contribution in [0.25, 0.3) is 0 Å². The van der Waals surface area contributed by atoms with Gasteiger partial charge >= 0.3 is 157 Å². The van der Waals surface area contributed by atoms with Gasteiger partial charge in [0.25, 0.3) is 0 Å². The third-order valence-electron chi connectivity index (χ3n) is 4.99. The Morgan fingerprint density at radius 2 is 1.32 bits per heavy atom. The summed E-state index contributed by atoms with van der Waals surface area (Å²) < 4.78 is 20.6. The Morgan fingerprint density at radius 3 is 1.72 bits per heavy atom. The van der Waals surface area contributed by atoms with Gasteiger partial charge in [-0.1, -0.05) is 0 Å². The maximum atomic E-state index is 6.77. The fraction of sp³-hybridized carbons (Fsp3) is 0.684. The average molecular weight is 424 g/mol. The van der Waals surface area contributed by atoms with Crippen LogP contribution in [-0.4, -0.2) is 65.2 Å². The molecule has 0 N–H and O–H groups in total. The molecule has 4 rings (SSSR count). The second-order valence-corrected chi connectivity index (χ2v) is 20.6. The SMILES string of the molecule is CC1CN2CC(C)[O][Ge]([CH](c3ccccc3)[Si](C)(C)C)([O]1)[O]C(C)C2. The monoisotopic (exact) mass is 425 g/mol. The second kappa shape index (κ2) is 7.44. The molecule has 1 aromatic rings. The Kier molecular flexibility index (Phi) is 5.83. The Bertz CT molecular complexity index is 544. The molecule has 25 heavy (non-hydrogen) atoms. The third kappa shape index (κ3) is 4.39. The van der Waals surface area contributed by atoms with Crippen LogP contribution in [0.3, 0.4) is 0 Å².